The maximum atomic E-state index is 11.2. The fourth-order valence-electron chi connectivity index (χ4n) is 0.554. The van der Waals surface area contributed by atoms with Crippen LogP contribution in [0.25, 0.3) is 0 Å². The smallest absolute Gasteiger partial charge is 0.312 e. The summed E-state index contributed by atoms with van der Waals surface area (Å²) in [6.45, 7) is 5.09. The molecule has 0 spiro atoms. The van der Waals surface area contributed by atoms with E-state index in [2.05, 4.69) is 0 Å². The van der Waals surface area contributed by atoms with Gasteiger partial charge in [0.15, 0.2) is 0 Å². The minimum atomic E-state index is -1.37. The number of hydrogen-bond donors (Lipinski definition) is 0. The lowest BCUT2D eigenvalue weighted by Crippen LogP contribution is -2.12. The van der Waals surface area contributed by atoms with E-state index in [1.165, 1.54) is 19.1 Å². The summed E-state index contributed by atoms with van der Waals surface area (Å²) in [6, 6.07) is 0. The zero-order chi connectivity index (χ0) is 10.5. The van der Waals surface area contributed by atoms with Crippen LogP contribution in [0, 0.1) is 5.89 Å². The van der Waals surface area contributed by atoms with Crippen molar-refractivity contribution in [2.24, 2.45) is 5.89 Å². The van der Waals surface area contributed by atoms with Gasteiger partial charge in [-0.25, -0.2) is 0 Å². The second kappa shape index (κ2) is 5.96. The highest BCUT2D eigenvalue weighted by molar-refractivity contribution is 5.73. The van der Waals surface area contributed by atoms with Crippen molar-refractivity contribution in [3.8, 4) is 0 Å². The molecule has 0 heterocycles. The third-order valence-corrected chi connectivity index (χ3v) is 1.14. The Morgan fingerprint density at radius 3 is 2.91 bits per heavy atom. The van der Waals surface area contributed by atoms with Crippen LogP contribution in [0.4, 0.5) is 0 Å². The lowest BCUT2D eigenvalue weighted by Gasteiger charge is -2.04. The molecule has 0 aliphatic heterocycles. The van der Waals surface area contributed by atoms with Gasteiger partial charge in [-0.05, 0) is 20.2 Å². The molecule has 0 aromatic carbocycles. The average Bonchev–Trinajstić information content (AvgIpc) is 2.01. The lowest BCUT2D eigenvalue weighted by atomic mass is 10.1. The van der Waals surface area contributed by atoms with Crippen LogP contribution in [0.3, 0.4) is 0 Å². The van der Waals surface area contributed by atoms with E-state index in [0.29, 0.717) is 0 Å². The Bertz CT molecular complexity index is 198. The molecule has 0 aromatic rings. The van der Waals surface area contributed by atoms with E-state index >= 15 is 0 Å². The molecule has 0 saturated carbocycles. The first kappa shape index (κ1) is 6.89. The van der Waals surface area contributed by atoms with Gasteiger partial charge in [0.1, 0.15) is 0 Å². The van der Waals surface area contributed by atoms with Gasteiger partial charge >= 0.3 is 5.97 Å². The normalized spacial score (nSPS) is 21.7. The summed E-state index contributed by atoms with van der Waals surface area (Å²) in [4.78, 5) is 11.2. The third kappa shape index (κ3) is 4.59. The Kier molecular flexibility index (Phi) is 3.73. The summed E-state index contributed by atoms with van der Waals surface area (Å²) >= 11 is 0. The second-order valence-electron chi connectivity index (χ2n) is 2.10. The van der Waals surface area contributed by atoms with Gasteiger partial charge in [-0.2, -0.15) is 0 Å². The number of hydrogen-bond acceptors (Lipinski definition) is 2. The van der Waals surface area contributed by atoms with Crippen LogP contribution in [0.1, 0.15) is 29.9 Å². The molecular weight excluding hydrogens is 140 g/mol. The summed E-state index contributed by atoms with van der Waals surface area (Å²) in [5.74, 6) is -1.95. The molecule has 0 fully saturated rings. The second-order valence-corrected chi connectivity index (χ2v) is 2.10. The van der Waals surface area contributed by atoms with Gasteiger partial charge in [0, 0.05) is 2.74 Å². The molecule has 0 aliphatic carbocycles. The van der Waals surface area contributed by atoms with Gasteiger partial charge in [0.25, 0.3) is 0 Å². The van der Waals surface area contributed by atoms with E-state index in [1.807, 2.05) is 0 Å². The first-order valence-electron chi connectivity index (χ1n) is 4.76. The lowest BCUT2D eigenvalue weighted by molar-refractivity contribution is -0.145. The minimum absolute atomic E-state index is 0.275. The van der Waals surface area contributed by atoms with Crippen molar-refractivity contribution in [3.05, 3.63) is 12.2 Å². The van der Waals surface area contributed by atoms with Gasteiger partial charge in [-0.3, -0.25) is 4.79 Å². The van der Waals surface area contributed by atoms with Crippen LogP contribution >= 0.6 is 0 Å². The van der Waals surface area contributed by atoms with Gasteiger partial charge < -0.3 is 4.74 Å². The van der Waals surface area contributed by atoms with Crippen molar-refractivity contribution < 1.29 is 12.3 Å². The van der Waals surface area contributed by atoms with E-state index in [0.717, 1.165) is 0 Å². The van der Waals surface area contributed by atoms with E-state index in [1.54, 1.807) is 13.8 Å². The number of ether oxygens (including phenoxy) is 1. The van der Waals surface area contributed by atoms with Crippen molar-refractivity contribution in [2.75, 3.05) is 6.61 Å². The van der Waals surface area contributed by atoms with Crippen molar-refractivity contribution in [3.63, 3.8) is 0 Å². The Hall–Kier alpha value is -0.790. The maximum absolute atomic E-state index is 11.2. The minimum Gasteiger partial charge on any atom is -0.466 e. The fraction of sp³-hybridized carbons (Fsp3) is 0.667. The Morgan fingerprint density at radius 1 is 1.82 bits per heavy atom. The quantitative estimate of drug-likeness (QED) is 0.463. The molecule has 11 heavy (non-hydrogen) atoms. The van der Waals surface area contributed by atoms with Crippen molar-refractivity contribution in [1.82, 2.24) is 0 Å². The first-order chi connectivity index (χ1) is 5.90. The summed E-state index contributed by atoms with van der Waals surface area (Å²) in [5, 5.41) is 0. The summed E-state index contributed by atoms with van der Waals surface area (Å²) in [7, 11) is 0. The molecule has 64 valence electrons. The topological polar surface area (TPSA) is 26.3 Å². The first-order valence-corrected chi connectivity index (χ1v) is 3.69. The molecule has 0 saturated heterocycles. The highest BCUT2D eigenvalue weighted by Crippen LogP contribution is 2.00. The number of carbonyl (C=O) groups is 1. The zero-order valence-corrected chi connectivity index (χ0v) is 7.26. The van der Waals surface area contributed by atoms with Crippen LogP contribution in [-0.2, 0) is 9.53 Å². The van der Waals surface area contributed by atoms with Crippen LogP contribution in [0.5, 0.6) is 0 Å². The molecule has 2 heteroatoms. The van der Waals surface area contributed by atoms with E-state index in [4.69, 9.17) is 7.48 Å². The Morgan fingerprint density at radius 2 is 2.45 bits per heavy atom. The van der Waals surface area contributed by atoms with Crippen LogP contribution < -0.4 is 0 Å². The zero-order valence-electron chi connectivity index (χ0n) is 9.26. The Labute approximate surface area is 71.1 Å². The van der Waals surface area contributed by atoms with Crippen molar-refractivity contribution in [1.29, 1.82) is 0 Å². The van der Waals surface area contributed by atoms with E-state index < -0.39 is 18.3 Å². The monoisotopic (exact) mass is 158 g/mol. The van der Waals surface area contributed by atoms with E-state index in [-0.39, 0.29) is 6.61 Å². The Balaban J connectivity index is 4.29. The van der Waals surface area contributed by atoms with Crippen molar-refractivity contribution in [2.45, 2.75) is 27.2 Å². The molecule has 2 unspecified atom stereocenters. The van der Waals surface area contributed by atoms with Gasteiger partial charge in [0.2, 0.25) is 0 Å². The van der Waals surface area contributed by atoms with Gasteiger partial charge in [0.05, 0.1) is 12.5 Å². The predicted octanol–water partition coefficient (Wildman–Crippen LogP) is 2.15. The predicted molar refractivity (Wildman–Crippen MR) is 45.2 cm³/mol. The van der Waals surface area contributed by atoms with Gasteiger partial charge in [-0.1, -0.05) is 19.1 Å². The molecule has 0 amide bonds. The molecule has 0 rings (SSSR count). The number of esters is 1. The molecule has 2 atom stereocenters. The SMILES string of the molecule is [2H]C(C)/C=C/C([2H])(C)C(=O)OCC. The van der Waals surface area contributed by atoms with Gasteiger partial charge in [-0.15, -0.1) is 0 Å². The number of rotatable bonds is 4. The standard InChI is InChI=1S/C9H16O2/c1-4-6-7-8(3)9(10)11-5-2/h6-8H,4-5H2,1-3H3/b7-6+/i4D,8D. The highest BCUT2D eigenvalue weighted by atomic mass is 16.5. The third-order valence-electron chi connectivity index (χ3n) is 1.14. The van der Waals surface area contributed by atoms with Crippen LogP contribution in [0.15, 0.2) is 12.2 Å². The summed E-state index contributed by atoms with van der Waals surface area (Å²) < 4.78 is 19.5. The molecule has 0 bridgehead atoms. The summed E-state index contributed by atoms with van der Waals surface area (Å²) in [6.07, 6.45) is 2.49. The van der Waals surface area contributed by atoms with Crippen LogP contribution in [0.2, 0.25) is 0 Å². The summed E-state index contributed by atoms with van der Waals surface area (Å²) in [5.41, 5.74) is 0. The molecule has 0 aromatic heterocycles. The number of carbonyl (C=O) groups excluding carboxylic acids is 1. The molecule has 0 radical (unpaired) electrons. The highest BCUT2D eigenvalue weighted by Gasteiger charge is 2.08. The molecule has 2 nitrogen and oxygen atoms in total. The largest absolute Gasteiger partial charge is 0.466 e. The number of allylic oxidation sites excluding steroid dienone is 1. The molecule has 0 aliphatic rings. The van der Waals surface area contributed by atoms with E-state index in [9.17, 15) is 4.79 Å². The maximum Gasteiger partial charge on any atom is 0.312 e. The molecular formula is C9H16O2. The fourth-order valence-corrected chi connectivity index (χ4v) is 0.554. The average molecular weight is 158 g/mol. The van der Waals surface area contributed by atoms with Crippen LogP contribution in [-0.4, -0.2) is 12.6 Å². The van der Waals surface area contributed by atoms with Crippen molar-refractivity contribution >= 4 is 5.97 Å². The molecule has 0 N–H and O–H groups in total.